The summed E-state index contributed by atoms with van der Waals surface area (Å²) < 4.78 is 0. The second-order valence-corrected chi connectivity index (χ2v) is 6.71. The van der Waals surface area contributed by atoms with Crippen molar-refractivity contribution in [3.8, 4) is 0 Å². The second-order valence-electron chi connectivity index (χ2n) is 6.31. The molecule has 0 radical (unpaired) electrons. The van der Waals surface area contributed by atoms with Crippen LogP contribution in [0.2, 0.25) is 5.02 Å². The number of benzene rings is 1. The van der Waals surface area contributed by atoms with E-state index in [0.29, 0.717) is 29.7 Å². The first-order valence-corrected chi connectivity index (χ1v) is 9.10. The number of carbonyl (C=O) groups is 2. The van der Waals surface area contributed by atoms with E-state index in [-0.39, 0.29) is 12.5 Å². The number of rotatable bonds is 8. The Hall–Kier alpha value is -1.63. The van der Waals surface area contributed by atoms with E-state index in [2.05, 4.69) is 10.2 Å². The Labute approximate surface area is 153 Å². The number of carboxylic acid groups (broad SMARTS) is 1. The van der Waals surface area contributed by atoms with E-state index >= 15 is 0 Å². The van der Waals surface area contributed by atoms with Gasteiger partial charge in [0.1, 0.15) is 0 Å². The van der Waals surface area contributed by atoms with Crippen LogP contribution < -0.4 is 5.32 Å². The first-order chi connectivity index (χ1) is 12.0. The van der Waals surface area contributed by atoms with Gasteiger partial charge in [0.05, 0.1) is 17.3 Å². The highest BCUT2D eigenvalue weighted by atomic mass is 35.5. The highest BCUT2D eigenvalue weighted by Gasteiger charge is 2.25. The molecule has 1 fully saturated rings. The number of nitrogens with one attached hydrogen (secondary N) is 1. The zero-order chi connectivity index (χ0) is 18.2. The molecule has 0 spiro atoms. The lowest BCUT2D eigenvalue weighted by molar-refractivity contribution is -0.139. The van der Waals surface area contributed by atoms with Crippen LogP contribution >= 0.6 is 11.6 Å². The fourth-order valence-corrected chi connectivity index (χ4v) is 3.40. The first-order valence-electron chi connectivity index (χ1n) is 8.72. The van der Waals surface area contributed by atoms with E-state index in [1.807, 2.05) is 24.0 Å². The van der Waals surface area contributed by atoms with Gasteiger partial charge in [-0.2, -0.15) is 0 Å². The van der Waals surface area contributed by atoms with E-state index in [1.165, 1.54) is 0 Å². The molecular formula is C18H26ClN3O3. The number of carboxylic acids is 1. The summed E-state index contributed by atoms with van der Waals surface area (Å²) in [6, 6.07) is 7.51. The normalized spacial score (nSPS) is 16.1. The molecule has 1 aliphatic heterocycles. The number of amides is 1. The molecule has 1 aliphatic rings. The minimum Gasteiger partial charge on any atom is -0.480 e. The quantitative estimate of drug-likeness (QED) is 0.738. The third kappa shape index (κ3) is 6.30. The van der Waals surface area contributed by atoms with Crippen LogP contribution in [0.5, 0.6) is 0 Å². The van der Waals surface area contributed by atoms with Crippen molar-refractivity contribution in [3.63, 3.8) is 0 Å². The molecule has 0 unspecified atom stereocenters. The van der Waals surface area contributed by atoms with Crippen LogP contribution in [-0.4, -0.2) is 65.5 Å². The molecule has 0 bridgehead atoms. The number of halogens is 1. The van der Waals surface area contributed by atoms with Crippen molar-refractivity contribution in [1.82, 2.24) is 9.80 Å². The molecule has 1 aromatic rings. The fraction of sp³-hybridized carbons (Fsp3) is 0.556. The smallest absolute Gasteiger partial charge is 0.317 e. The van der Waals surface area contributed by atoms with Gasteiger partial charge in [0.15, 0.2) is 0 Å². The van der Waals surface area contributed by atoms with Crippen LogP contribution in [0, 0.1) is 0 Å². The molecule has 0 saturated carbocycles. The van der Waals surface area contributed by atoms with Crippen molar-refractivity contribution < 1.29 is 14.7 Å². The number of hydrogen-bond donors (Lipinski definition) is 2. The van der Waals surface area contributed by atoms with Crippen LogP contribution in [0.3, 0.4) is 0 Å². The molecule has 6 nitrogen and oxygen atoms in total. The summed E-state index contributed by atoms with van der Waals surface area (Å²) in [5.41, 5.74) is 0.639. The number of aliphatic carboxylic acids is 1. The largest absolute Gasteiger partial charge is 0.480 e. The molecule has 2 N–H and O–H groups in total. The van der Waals surface area contributed by atoms with E-state index in [4.69, 9.17) is 16.7 Å². The molecule has 1 heterocycles. The average molecular weight is 368 g/mol. The maximum Gasteiger partial charge on any atom is 0.317 e. The van der Waals surface area contributed by atoms with Crippen LogP contribution in [0.1, 0.15) is 26.2 Å². The average Bonchev–Trinajstić information content (AvgIpc) is 2.60. The van der Waals surface area contributed by atoms with Crippen molar-refractivity contribution in [3.05, 3.63) is 29.3 Å². The monoisotopic (exact) mass is 367 g/mol. The van der Waals surface area contributed by atoms with Gasteiger partial charge in [0, 0.05) is 19.0 Å². The van der Waals surface area contributed by atoms with Crippen molar-refractivity contribution >= 4 is 29.2 Å². The van der Waals surface area contributed by atoms with Gasteiger partial charge in [-0.15, -0.1) is 0 Å². The zero-order valence-electron chi connectivity index (χ0n) is 14.6. The molecule has 2 rings (SSSR count). The molecule has 138 valence electrons. The number of hydrogen-bond acceptors (Lipinski definition) is 4. The molecule has 0 aliphatic carbocycles. The van der Waals surface area contributed by atoms with Gasteiger partial charge >= 0.3 is 5.97 Å². The third-order valence-corrected chi connectivity index (χ3v) is 4.95. The van der Waals surface area contributed by atoms with Gasteiger partial charge in [-0.1, -0.05) is 30.7 Å². The Bertz CT molecular complexity index is 589. The van der Waals surface area contributed by atoms with E-state index in [0.717, 1.165) is 32.5 Å². The van der Waals surface area contributed by atoms with Crippen LogP contribution in [0.15, 0.2) is 24.3 Å². The Morgan fingerprint density at radius 1 is 1.32 bits per heavy atom. The molecule has 7 heteroatoms. The summed E-state index contributed by atoms with van der Waals surface area (Å²) in [7, 11) is 0. The summed E-state index contributed by atoms with van der Waals surface area (Å²) in [6.45, 7) is 5.32. The van der Waals surface area contributed by atoms with Gasteiger partial charge in [-0.3, -0.25) is 14.5 Å². The molecule has 25 heavy (non-hydrogen) atoms. The lowest BCUT2D eigenvalue weighted by atomic mass is 10.0. The van der Waals surface area contributed by atoms with Crippen LogP contribution in [0.25, 0.3) is 0 Å². The van der Waals surface area contributed by atoms with E-state index < -0.39 is 5.97 Å². The lowest BCUT2D eigenvalue weighted by Crippen LogP contribution is -2.47. The predicted octanol–water partition coefficient (Wildman–Crippen LogP) is 2.54. The Morgan fingerprint density at radius 3 is 2.60 bits per heavy atom. The van der Waals surface area contributed by atoms with Crippen molar-refractivity contribution in [2.45, 2.75) is 32.2 Å². The van der Waals surface area contributed by atoms with Crippen molar-refractivity contribution in [2.75, 3.05) is 38.0 Å². The van der Waals surface area contributed by atoms with Gasteiger partial charge in [0.25, 0.3) is 0 Å². The molecule has 1 saturated heterocycles. The molecular weight excluding hydrogens is 342 g/mol. The maximum absolute atomic E-state index is 12.1. The van der Waals surface area contributed by atoms with E-state index in [1.54, 1.807) is 12.1 Å². The van der Waals surface area contributed by atoms with E-state index in [9.17, 15) is 9.59 Å². The molecule has 0 atom stereocenters. The lowest BCUT2D eigenvalue weighted by Gasteiger charge is -2.37. The number of para-hydroxylation sites is 1. The summed E-state index contributed by atoms with van der Waals surface area (Å²) in [6.07, 6.45) is 2.29. The second kappa shape index (κ2) is 9.75. The Kier molecular flexibility index (Phi) is 7.68. The van der Waals surface area contributed by atoms with Gasteiger partial charge < -0.3 is 15.3 Å². The number of anilines is 1. The molecule has 1 aromatic carbocycles. The standard InChI is InChI=1S/C18H26ClN3O3/c1-2-22(13-18(24)25)14-7-10-21(11-8-14)12-9-17(23)20-16-6-4-3-5-15(16)19/h3-6,14H,2,7-13H2,1H3,(H,20,23)(H,24,25). The Balaban J connectivity index is 1.72. The highest BCUT2D eigenvalue weighted by Crippen LogP contribution is 2.21. The molecule has 1 amide bonds. The maximum atomic E-state index is 12.1. The third-order valence-electron chi connectivity index (χ3n) is 4.62. The summed E-state index contributed by atoms with van der Waals surface area (Å²) in [5, 5.41) is 12.4. The topological polar surface area (TPSA) is 72.9 Å². The molecule has 0 aromatic heterocycles. The van der Waals surface area contributed by atoms with Gasteiger partial charge in [-0.25, -0.2) is 0 Å². The first kappa shape index (κ1) is 19.7. The van der Waals surface area contributed by atoms with Crippen molar-refractivity contribution in [2.24, 2.45) is 0 Å². The summed E-state index contributed by atoms with van der Waals surface area (Å²) in [5.74, 6) is -0.822. The highest BCUT2D eigenvalue weighted by molar-refractivity contribution is 6.33. The minimum absolute atomic E-state index is 0.0451. The number of piperidine rings is 1. The van der Waals surface area contributed by atoms with Crippen LogP contribution in [0.4, 0.5) is 5.69 Å². The Morgan fingerprint density at radius 2 is 2.00 bits per heavy atom. The van der Waals surface area contributed by atoms with Crippen molar-refractivity contribution in [1.29, 1.82) is 0 Å². The van der Waals surface area contributed by atoms with Crippen LogP contribution in [-0.2, 0) is 9.59 Å². The number of nitrogens with zero attached hydrogens (tertiary/aromatic N) is 2. The minimum atomic E-state index is -0.777. The van der Waals surface area contributed by atoms with Gasteiger partial charge in [0.2, 0.25) is 5.91 Å². The summed E-state index contributed by atoms with van der Waals surface area (Å²) >= 11 is 6.04. The fourth-order valence-electron chi connectivity index (χ4n) is 3.22. The van der Waals surface area contributed by atoms with Gasteiger partial charge in [-0.05, 0) is 44.6 Å². The number of likely N-dealkylation sites (N-methyl/N-ethyl adjacent to an activating group) is 1. The number of likely N-dealkylation sites (tertiary alicyclic amines) is 1. The predicted molar refractivity (Wildman–Crippen MR) is 99.0 cm³/mol. The SMILES string of the molecule is CCN(CC(=O)O)C1CCN(CCC(=O)Nc2ccccc2Cl)CC1. The summed E-state index contributed by atoms with van der Waals surface area (Å²) in [4.78, 5) is 27.3. The zero-order valence-corrected chi connectivity index (χ0v) is 15.3. The number of carbonyl (C=O) groups excluding carboxylic acids is 1.